The number of sulfonamides is 1. The van der Waals surface area contributed by atoms with Crippen LogP contribution in [0, 0.1) is 5.92 Å². The number of furan rings is 1. The van der Waals surface area contributed by atoms with E-state index in [2.05, 4.69) is 4.90 Å². The van der Waals surface area contributed by atoms with Gasteiger partial charge in [-0.05, 0) is 31.4 Å². The molecule has 30 heavy (non-hydrogen) atoms. The number of piperidine rings is 1. The van der Waals surface area contributed by atoms with E-state index in [4.69, 9.17) is 19.1 Å². The molecule has 3 aliphatic rings. The Labute approximate surface area is 172 Å². The first-order valence-corrected chi connectivity index (χ1v) is 11.1. The highest BCUT2D eigenvalue weighted by atomic mass is 32.2. The standard InChI is InChI=1S/C16H24N2O4S.C2HF3O2/c1-21-16-6-7-18(23(19,20)13-4-5-13)15-11-17(10-14(15)16)9-12-3-2-8-22-12;3-2(4,5)1(6)7/h2-3,8,13-16H,4-7,9-11H2,1H3;(H,6,7)/t14-,15+,16-;/m0./s1. The zero-order valence-corrected chi connectivity index (χ0v) is 17.2. The summed E-state index contributed by atoms with van der Waals surface area (Å²) in [5, 5.41) is 6.99. The van der Waals surface area contributed by atoms with Crippen LogP contribution in [0.4, 0.5) is 13.2 Å². The molecule has 12 heteroatoms. The molecule has 3 fully saturated rings. The molecule has 0 unspecified atom stereocenters. The first-order chi connectivity index (χ1) is 14.0. The number of hydrogen-bond donors (Lipinski definition) is 1. The summed E-state index contributed by atoms with van der Waals surface area (Å²) in [6.07, 6.45) is -0.828. The van der Waals surface area contributed by atoms with Crippen LogP contribution in [-0.4, -0.2) is 79.0 Å². The molecule has 2 aliphatic heterocycles. The Morgan fingerprint density at radius 3 is 2.47 bits per heavy atom. The monoisotopic (exact) mass is 454 g/mol. The van der Waals surface area contributed by atoms with E-state index in [1.165, 1.54) is 0 Å². The second-order valence-corrected chi connectivity index (χ2v) is 9.89. The molecule has 0 bridgehead atoms. The Hall–Kier alpha value is -1.63. The molecule has 1 aromatic rings. The Kier molecular flexibility index (Phi) is 6.80. The maximum Gasteiger partial charge on any atom is 0.490 e. The third kappa shape index (κ3) is 5.16. The fourth-order valence-corrected chi connectivity index (χ4v) is 6.19. The SMILES string of the molecule is CO[C@H]1CCN(S(=O)(=O)C2CC2)[C@@H]2CN(Cc3ccco3)C[C@H]12.O=C(O)C(F)(F)F. The zero-order valence-electron chi connectivity index (χ0n) is 16.4. The highest BCUT2D eigenvalue weighted by molar-refractivity contribution is 7.90. The van der Waals surface area contributed by atoms with Crippen molar-refractivity contribution in [2.75, 3.05) is 26.7 Å². The summed E-state index contributed by atoms with van der Waals surface area (Å²) >= 11 is 0. The number of methoxy groups -OCH3 is 1. The number of ether oxygens (including phenoxy) is 1. The summed E-state index contributed by atoms with van der Waals surface area (Å²) in [7, 11) is -1.39. The van der Waals surface area contributed by atoms with Gasteiger partial charge in [0.15, 0.2) is 0 Å². The van der Waals surface area contributed by atoms with Crippen molar-refractivity contribution in [3.63, 3.8) is 0 Å². The predicted molar refractivity (Wildman–Crippen MR) is 99.0 cm³/mol. The average molecular weight is 454 g/mol. The van der Waals surface area contributed by atoms with Gasteiger partial charge in [-0.2, -0.15) is 17.5 Å². The van der Waals surface area contributed by atoms with Crippen LogP contribution in [0.1, 0.15) is 25.0 Å². The number of hydrogen-bond acceptors (Lipinski definition) is 6. The van der Waals surface area contributed by atoms with E-state index < -0.39 is 22.2 Å². The minimum Gasteiger partial charge on any atom is -0.475 e. The van der Waals surface area contributed by atoms with Gasteiger partial charge in [-0.1, -0.05) is 0 Å². The number of rotatable bonds is 5. The van der Waals surface area contributed by atoms with Crippen LogP contribution in [0.15, 0.2) is 22.8 Å². The van der Waals surface area contributed by atoms with Crippen LogP contribution < -0.4 is 0 Å². The lowest BCUT2D eigenvalue weighted by molar-refractivity contribution is -0.192. The molecule has 1 aliphatic carbocycles. The lowest BCUT2D eigenvalue weighted by Crippen LogP contribution is -2.54. The Morgan fingerprint density at radius 2 is 1.97 bits per heavy atom. The van der Waals surface area contributed by atoms with Crippen molar-refractivity contribution < 1.29 is 40.6 Å². The zero-order chi connectivity index (χ0) is 22.1. The highest BCUT2D eigenvalue weighted by Crippen LogP contribution is 2.39. The maximum atomic E-state index is 12.8. The summed E-state index contributed by atoms with van der Waals surface area (Å²) in [6, 6.07) is 3.89. The fourth-order valence-electron chi connectivity index (χ4n) is 4.12. The smallest absolute Gasteiger partial charge is 0.475 e. The quantitative estimate of drug-likeness (QED) is 0.726. The van der Waals surface area contributed by atoms with Gasteiger partial charge in [0.2, 0.25) is 10.0 Å². The molecular formula is C18H25F3N2O6S. The van der Waals surface area contributed by atoms with E-state index in [1.54, 1.807) is 17.7 Å². The van der Waals surface area contributed by atoms with Gasteiger partial charge >= 0.3 is 12.1 Å². The van der Waals surface area contributed by atoms with Gasteiger partial charge in [0.1, 0.15) is 5.76 Å². The summed E-state index contributed by atoms with van der Waals surface area (Å²) < 4.78 is 70.1. The van der Waals surface area contributed by atoms with Crippen molar-refractivity contribution in [1.82, 2.24) is 9.21 Å². The van der Waals surface area contributed by atoms with Crippen molar-refractivity contribution in [2.24, 2.45) is 5.92 Å². The molecule has 4 rings (SSSR count). The number of fused-ring (bicyclic) bond motifs is 1. The molecule has 0 aromatic carbocycles. The molecule has 170 valence electrons. The van der Waals surface area contributed by atoms with Gasteiger partial charge in [0.25, 0.3) is 0 Å². The highest BCUT2D eigenvalue weighted by Gasteiger charge is 2.51. The van der Waals surface area contributed by atoms with Crippen LogP contribution in [0.25, 0.3) is 0 Å². The maximum absolute atomic E-state index is 12.8. The minimum absolute atomic E-state index is 0.0364. The molecule has 1 saturated carbocycles. The van der Waals surface area contributed by atoms with E-state index in [1.807, 2.05) is 12.1 Å². The van der Waals surface area contributed by atoms with Crippen molar-refractivity contribution in [2.45, 2.75) is 49.4 Å². The number of aliphatic carboxylic acids is 1. The largest absolute Gasteiger partial charge is 0.490 e. The number of alkyl halides is 3. The topological polar surface area (TPSA) is 100 Å². The number of nitrogens with zero attached hydrogens (tertiary/aromatic N) is 2. The molecule has 0 amide bonds. The molecule has 0 spiro atoms. The van der Waals surface area contributed by atoms with E-state index >= 15 is 0 Å². The van der Waals surface area contributed by atoms with Crippen LogP contribution in [-0.2, 0) is 26.1 Å². The van der Waals surface area contributed by atoms with Gasteiger partial charge in [-0.3, -0.25) is 4.90 Å². The van der Waals surface area contributed by atoms with Gasteiger partial charge < -0.3 is 14.3 Å². The summed E-state index contributed by atoms with van der Waals surface area (Å²) in [4.78, 5) is 11.2. The fraction of sp³-hybridized carbons (Fsp3) is 0.722. The van der Waals surface area contributed by atoms with Crippen molar-refractivity contribution in [3.05, 3.63) is 24.2 Å². The van der Waals surface area contributed by atoms with Crippen LogP contribution in [0.3, 0.4) is 0 Å². The number of carboxylic acid groups (broad SMARTS) is 1. The summed E-state index contributed by atoms with van der Waals surface area (Å²) in [5.74, 6) is -1.58. The average Bonchev–Trinajstić information content (AvgIpc) is 3.27. The molecule has 1 N–H and O–H groups in total. The number of carbonyl (C=O) groups is 1. The molecule has 3 atom stereocenters. The van der Waals surface area contributed by atoms with Crippen LogP contribution >= 0.6 is 0 Å². The number of halogens is 3. The van der Waals surface area contributed by atoms with Gasteiger partial charge in [-0.25, -0.2) is 13.2 Å². The summed E-state index contributed by atoms with van der Waals surface area (Å²) in [5.41, 5.74) is 0. The van der Waals surface area contributed by atoms with Crippen molar-refractivity contribution in [1.29, 1.82) is 0 Å². The molecule has 2 saturated heterocycles. The normalized spacial score (nSPS) is 27.9. The van der Waals surface area contributed by atoms with Gasteiger partial charge in [0, 0.05) is 38.7 Å². The molecule has 0 radical (unpaired) electrons. The predicted octanol–water partition coefficient (Wildman–Crippen LogP) is 1.93. The van der Waals surface area contributed by atoms with E-state index in [9.17, 15) is 21.6 Å². The Morgan fingerprint density at radius 1 is 1.30 bits per heavy atom. The second kappa shape index (κ2) is 8.85. The second-order valence-electron chi connectivity index (χ2n) is 7.73. The van der Waals surface area contributed by atoms with E-state index in [0.717, 1.165) is 44.7 Å². The number of likely N-dealkylation sites (tertiary alicyclic amines) is 1. The molecule has 3 heterocycles. The van der Waals surface area contributed by atoms with Gasteiger partial charge in [0.05, 0.1) is 24.2 Å². The Balaban J connectivity index is 0.000000318. The van der Waals surface area contributed by atoms with Crippen molar-refractivity contribution in [3.8, 4) is 0 Å². The van der Waals surface area contributed by atoms with E-state index in [-0.39, 0.29) is 23.3 Å². The van der Waals surface area contributed by atoms with Crippen molar-refractivity contribution >= 4 is 16.0 Å². The third-order valence-corrected chi connectivity index (χ3v) is 8.09. The van der Waals surface area contributed by atoms with Crippen LogP contribution in [0.5, 0.6) is 0 Å². The summed E-state index contributed by atoms with van der Waals surface area (Å²) in [6.45, 7) is 2.94. The van der Waals surface area contributed by atoms with E-state index in [0.29, 0.717) is 6.54 Å². The minimum atomic E-state index is -5.08. The van der Waals surface area contributed by atoms with Gasteiger partial charge in [-0.15, -0.1) is 0 Å². The lowest BCUT2D eigenvalue weighted by atomic mass is 9.91. The first-order valence-electron chi connectivity index (χ1n) is 9.62. The lowest BCUT2D eigenvalue weighted by Gasteiger charge is -2.40. The molecular weight excluding hydrogens is 429 g/mol. The first kappa shape index (κ1) is 23.0. The molecule has 1 aromatic heterocycles. The third-order valence-electron chi connectivity index (χ3n) is 5.67. The Bertz CT molecular complexity index is 825. The number of carboxylic acids is 1. The van der Waals surface area contributed by atoms with Crippen LogP contribution in [0.2, 0.25) is 0 Å². The molecule has 8 nitrogen and oxygen atoms in total.